The van der Waals surface area contributed by atoms with Crippen molar-refractivity contribution in [3.05, 3.63) is 0 Å². The van der Waals surface area contributed by atoms with Crippen LogP contribution in [0, 0.1) is 0 Å². The van der Waals surface area contributed by atoms with Crippen LogP contribution < -0.4 is 0 Å². The van der Waals surface area contributed by atoms with Gasteiger partial charge in [0.15, 0.2) is 0 Å². The number of hydrogen-bond donors (Lipinski definition) is 0. The van der Waals surface area contributed by atoms with Gasteiger partial charge < -0.3 is 4.90 Å². The molecule has 174 valence electrons. The minimum absolute atomic E-state index is 0.241. The molecule has 0 spiro atoms. The average Bonchev–Trinajstić information content (AvgIpc) is 2.68. The van der Waals surface area contributed by atoms with Crippen LogP contribution in [0.4, 0.5) is 13.2 Å². The molecule has 0 unspecified atom stereocenters. The zero-order chi connectivity index (χ0) is 21.8. The fraction of sp³-hybridized carbons (Fsp3) is 0.958. The highest BCUT2D eigenvalue weighted by Gasteiger charge is 2.41. The van der Waals surface area contributed by atoms with Crippen LogP contribution in [0.1, 0.15) is 129 Å². The fourth-order valence-electron chi connectivity index (χ4n) is 3.72. The monoisotopic (exact) mass is 421 g/mol. The Labute approximate surface area is 178 Å². The third kappa shape index (κ3) is 17.8. The molecule has 0 heterocycles. The number of alkyl halides is 3. The molecule has 0 aliphatic rings. The molecular weight excluding hydrogens is 375 g/mol. The first-order valence-corrected chi connectivity index (χ1v) is 12.3. The molecule has 0 atom stereocenters. The van der Waals surface area contributed by atoms with Crippen molar-refractivity contribution in [2.75, 3.05) is 13.1 Å². The molecule has 0 aromatic heterocycles. The number of carbonyl (C=O) groups excluding carboxylic acids is 1. The normalized spacial score (nSPS) is 11.8. The molecule has 0 bridgehead atoms. The predicted octanol–water partition coefficient (Wildman–Crippen LogP) is 8.44. The highest BCUT2D eigenvalue weighted by Crippen LogP contribution is 2.20. The summed E-state index contributed by atoms with van der Waals surface area (Å²) in [4.78, 5) is 12.7. The fourth-order valence-corrected chi connectivity index (χ4v) is 3.72. The topological polar surface area (TPSA) is 20.3 Å². The summed E-state index contributed by atoms with van der Waals surface area (Å²) in [5.74, 6) is -1.66. The summed E-state index contributed by atoms with van der Waals surface area (Å²) in [5, 5.41) is 0. The van der Waals surface area contributed by atoms with Gasteiger partial charge in [-0.2, -0.15) is 13.2 Å². The highest BCUT2D eigenvalue weighted by molar-refractivity contribution is 5.81. The smallest absolute Gasteiger partial charge is 0.335 e. The maximum atomic E-state index is 12.9. The Morgan fingerprint density at radius 2 is 0.828 bits per heavy atom. The zero-order valence-electron chi connectivity index (χ0n) is 19.1. The van der Waals surface area contributed by atoms with Crippen LogP contribution in [-0.4, -0.2) is 30.1 Å². The van der Waals surface area contributed by atoms with E-state index in [1.807, 2.05) is 0 Å². The summed E-state index contributed by atoms with van der Waals surface area (Å²) < 4.78 is 38.6. The lowest BCUT2D eigenvalue weighted by Crippen LogP contribution is -2.42. The average molecular weight is 422 g/mol. The van der Waals surface area contributed by atoms with Gasteiger partial charge in [-0.05, 0) is 12.8 Å². The lowest BCUT2D eigenvalue weighted by Gasteiger charge is -2.23. The summed E-state index contributed by atoms with van der Waals surface area (Å²) in [5.41, 5.74) is 0. The van der Waals surface area contributed by atoms with Gasteiger partial charge in [0.1, 0.15) is 0 Å². The van der Waals surface area contributed by atoms with E-state index in [9.17, 15) is 18.0 Å². The third-order valence-corrected chi connectivity index (χ3v) is 5.59. The molecule has 0 saturated carbocycles. The van der Waals surface area contributed by atoms with Crippen molar-refractivity contribution in [1.82, 2.24) is 4.90 Å². The first-order chi connectivity index (χ1) is 13.9. The Kier molecular flexibility index (Phi) is 18.7. The molecule has 0 fully saturated rings. The molecule has 0 N–H and O–H groups in total. The van der Waals surface area contributed by atoms with E-state index >= 15 is 0 Å². The van der Waals surface area contributed by atoms with E-state index in [0.717, 1.165) is 43.4 Å². The van der Waals surface area contributed by atoms with E-state index in [2.05, 4.69) is 13.8 Å². The van der Waals surface area contributed by atoms with Gasteiger partial charge in [0.2, 0.25) is 0 Å². The number of amides is 1. The molecule has 0 aromatic carbocycles. The van der Waals surface area contributed by atoms with Crippen molar-refractivity contribution >= 4 is 5.91 Å². The largest absolute Gasteiger partial charge is 0.471 e. The van der Waals surface area contributed by atoms with E-state index in [1.54, 1.807) is 0 Å². The van der Waals surface area contributed by atoms with Crippen LogP contribution in [0.15, 0.2) is 0 Å². The standard InChI is InChI=1S/C24H46F3NO/c1-3-5-7-9-11-13-15-17-19-21-28(23(29)24(25,26)27)22-20-18-16-14-12-10-8-6-4-2/h3-22H2,1-2H3. The summed E-state index contributed by atoms with van der Waals surface area (Å²) in [6.45, 7) is 4.88. The molecule has 0 saturated heterocycles. The number of nitrogens with zero attached hydrogens (tertiary/aromatic N) is 1. The lowest BCUT2D eigenvalue weighted by molar-refractivity contribution is -0.185. The van der Waals surface area contributed by atoms with Crippen molar-refractivity contribution in [3.63, 3.8) is 0 Å². The highest BCUT2D eigenvalue weighted by atomic mass is 19.4. The van der Waals surface area contributed by atoms with Gasteiger partial charge >= 0.3 is 12.1 Å². The molecule has 5 heteroatoms. The molecule has 0 rings (SSSR count). The maximum absolute atomic E-state index is 12.9. The molecule has 1 amide bonds. The Hall–Kier alpha value is -0.740. The second-order valence-electron chi connectivity index (χ2n) is 8.45. The van der Waals surface area contributed by atoms with E-state index in [-0.39, 0.29) is 13.1 Å². The van der Waals surface area contributed by atoms with Crippen LogP contribution in [0.2, 0.25) is 0 Å². The first-order valence-electron chi connectivity index (χ1n) is 12.3. The van der Waals surface area contributed by atoms with Crippen LogP contribution in [0.3, 0.4) is 0 Å². The predicted molar refractivity (Wildman–Crippen MR) is 117 cm³/mol. The van der Waals surface area contributed by atoms with Gasteiger partial charge in [-0.3, -0.25) is 4.79 Å². The molecule has 2 nitrogen and oxygen atoms in total. The van der Waals surface area contributed by atoms with Crippen molar-refractivity contribution in [1.29, 1.82) is 0 Å². The molecule has 0 aliphatic heterocycles. The zero-order valence-corrected chi connectivity index (χ0v) is 19.1. The van der Waals surface area contributed by atoms with Crippen molar-refractivity contribution in [3.8, 4) is 0 Å². The Morgan fingerprint density at radius 1 is 0.552 bits per heavy atom. The summed E-state index contributed by atoms with van der Waals surface area (Å²) in [7, 11) is 0. The van der Waals surface area contributed by atoms with E-state index < -0.39 is 12.1 Å². The van der Waals surface area contributed by atoms with Crippen molar-refractivity contribution in [2.24, 2.45) is 0 Å². The molecular formula is C24H46F3NO. The Bertz CT molecular complexity index is 350. The number of rotatable bonds is 20. The minimum atomic E-state index is -4.75. The SMILES string of the molecule is CCCCCCCCCCCN(CCCCCCCCCCC)C(=O)C(F)(F)F. The van der Waals surface area contributed by atoms with Crippen molar-refractivity contribution < 1.29 is 18.0 Å². The van der Waals surface area contributed by atoms with Crippen molar-refractivity contribution in [2.45, 2.75) is 136 Å². The first kappa shape index (κ1) is 28.3. The Morgan fingerprint density at radius 3 is 1.10 bits per heavy atom. The number of carbonyl (C=O) groups is 1. The lowest BCUT2D eigenvalue weighted by atomic mass is 10.1. The third-order valence-electron chi connectivity index (χ3n) is 5.59. The van der Waals surface area contributed by atoms with Gasteiger partial charge in [0.25, 0.3) is 0 Å². The van der Waals surface area contributed by atoms with Crippen LogP contribution in [0.5, 0.6) is 0 Å². The summed E-state index contributed by atoms with van der Waals surface area (Å²) in [6.07, 6.45) is 15.4. The van der Waals surface area contributed by atoms with Gasteiger partial charge in [0.05, 0.1) is 0 Å². The minimum Gasteiger partial charge on any atom is -0.335 e. The van der Waals surface area contributed by atoms with E-state index in [1.165, 1.54) is 64.2 Å². The maximum Gasteiger partial charge on any atom is 0.471 e. The summed E-state index contributed by atoms with van der Waals surface area (Å²) in [6, 6.07) is 0. The van der Waals surface area contributed by atoms with Gasteiger partial charge in [-0.15, -0.1) is 0 Å². The number of unbranched alkanes of at least 4 members (excludes halogenated alkanes) is 16. The second-order valence-corrected chi connectivity index (χ2v) is 8.45. The summed E-state index contributed by atoms with van der Waals surface area (Å²) >= 11 is 0. The van der Waals surface area contributed by atoms with E-state index in [4.69, 9.17) is 0 Å². The second kappa shape index (κ2) is 19.2. The molecule has 0 aromatic rings. The van der Waals surface area contributed by atoms with Crippen LogP contribution in [-0.2, 0) is 4.79 Å². The molecule has 0 aliphatic carbocycles. The van der Waals surface area contributed by atoms with Crippen LogP contribution >= 0.6 is 0 Å². The van der Waals surface area contributed by atoms with Gasteiger partial charge in [-0.1, -0.05) is 117 Å². The van der Waals surface area contributed by atoms with E-state index in [0.29, 0.717) is 12.8 Å². The van der Waals surface area contributed by atoms with Gasteiger partial charge in [-0.25, -0.2) is 0 Å². The molecule has 0 radical (unpaired) electrons. The van der Waals surface area contributed by atoms with Gasteiger partial charge in [0, 0.05) is 13.1 Å². The Balaban J connectivity index is 3.93. The number of halogens is 3. The van der Waals surface area contributed by atoms with Crippen LogP contribution in [0.25, 0.3) is 0 Å². The molecule has 29 heavy (non-hydrogen) atoms. The number of hydrogen-bond acceptors (Lipinski definition) is 1. The quantitative estimate of drug-likeness (QED) is 0.181.